The van der Waals surface area contributed by atoms with Crippen molar-refractivity contribution in [2.75, 3.05) is 24.5 Å². The molecule has 0 saturated carbocycles. The van der Waals surface area contributed by atoms with Gasteiger partial charge in [0.1, 0.15) is 0 Å². The first-order valence-corrected chi connectivity index (χ1v) is 7.93. The number of benzene rings is 1. The normalized spacial score (nSPS) is 12.9. The van der Waals surface area contributed by atoms with E-state index in [-0.39, 0.29) is 24.2 Å². The number of carbonyl (C=O) groups is 1. The van der Waals surface area contributed by atoms with E-state index in [0.717, 1.165) is 25.9 Å². The number of para-hydroxylation sites is 1. The van der Waals surface area contributed by atoms with Crippen LogP contribution in [0.4, 0.5) is 5.69 Å². The van der Waals surface area contributed by atoms with E-state index in [1.165, 1.54) is 5.69 Å². The standard InChI is InChI=1S/C17H29N3O.ClH/c1-4-14(3)16(18)17(21)19-12-9-13-20(5-2)15-10-7-6-8-11-15;/h6-8,10-11,14,16H,4-5,9,12-13,18H2,1-3H3,(H,19,21);1H. The van der Waals surface area contributed by atoms with Crippen LogP contribution in [-0.4, -0.2) is 31.6 Å². The van der Waals surface area contributed by atoms with Crippen LogP contribution in [0.5, 0.6) is 0 Å². The molecule has 0 heterocycles. The van der Waals surface area contributed by atoms with Crippen molar-refractivity contribution in [1.29, 1.82) is 0 Å². The van der Waals surface area contributed by atoms with Gasteiger partial charge in [0.05, 0.1) is 6.04 Å². The molecule has 1 aromatic rings. The van der Waals surface area contributed by atoms with E-state index >= 15 is 0 Å². The average Bonchev–Trinajstić information content (AvgIpc) is 2.54. The molecule has 1 rings (SSSR count). The molecular weight excluding hydrogens is 298 g/mol. The summed E-state index contributed by atoms with van der Waals surface area (Å²) in [6.07, 6.45) is 1.84. The van der Waals surface area contributed by atoms with Crippen molar-refractivity contribution in [2.24, 2.45) is 11.7 Å². The average molecular weight is 328 g/mol. The fourth-order valence-corrected chi connectivity index (χ4v) is 2.22. The van der Waals surface area contributed by atoms with Gasteiger partial charge in [0.2, 0.25) is 5.91 Å². The lowest BCUT2D eigenvalue weighted by molar-refractivity contribution is -0.123. The Morgan fingerprint density at radius 1 is 1.27 bits per heavy atom. The first-order chi connectivity index (χ1) is 10.1. The topological polar surface area (TPSA) is 58.4 Å². The van der Waals surface area contributed by atoms with Crippen LogP contribution in [0.1, 0.15) is 33.6 Å². The predicted molar refractivity (Wildman–Crippen MR) is 96.6 cm³/mol. The molecule has 0 aliphatic rings. The van der Waals surface area contributed by atoms with Gasteiger partial charge in [-0.1, -0.05) is 38.5 Å². The number of carbonyl (C=O) groups excluding carboxylic acids is 1. The van der Waals surface area contributed by atoms with Crippen LogP contribution in [0.2, 0.25) is 0 Å². The van der Waals surface area contributed by atoms with Gasteiger partial charge in [-0.25, -0.2) is 0 Å². The Labute approximate surface area is 140 Å². The molecule has 0 bridgehead atoms. The summed E-state index contributed by atoms with van der Waals surface area (Å²) in [6.45, 7) is 8.77. The number of amides is 1. The molecule has 0 radical (unpaired) electrons. The fourth-order valence-electron chi connectivity index (χ4n) is 2.22. The molecule has 0 saturated heterocycles. The molecule has 2 atom stereocenters. The van der Waals surface area contributed by atoms with Gasteiger partial charge >= 0.3 is 0 Å². The molecule has 5 heteroatoms. The largest absolute Gasteiger partial charge is 0.372 e. The Bertz CT molecular complexity index is 414. The van der Waals surface area contributed by atoms with E-state index < -0.39 is 6.04 Å². The predicted octanol–water partition coefficient (Wildman–Crippen LogP) is 2.81. The van der Waals surface area contributed by atoms with E-state index in [4.69, 9.17) is 5.73 Å². The molecule has 3 N–H and O–H groups in total. The molecule has 126 valence electrons. The molecule has 0 aliphatic carbocycles. The van der Waals surface area contributed by atoms with E-state index in [9.17, 15) is 4.79 Å². The summed E-state index contributed by atoms with van der Waals surface area (Å²) < 4.78 is 0. The van der Waals surface area contributed by atoms with E-state index in [0.29, 0.717) is 6.54 Å². The van der Waals surface area contributed by atoms with Gasteiger partial charge in [0.25, 0.3) is 0 Å². The summed E-state index contributed by atoms with van der Waals surface area (Å²) in [5, 5.41) is 2.94. The van der Waals surface area contributed by atoms with Crippen LogP contribution in [0.15, 0.2) is 30.3 Å². The van der Waals surface area contributed by atoms with Crippen LogP contribution in [0, 0.1) is 5.92 Å². The summed E-state index contributed by atoms with van der Waals surface area (Å²) in [7, 11) is 0. The summed E-state index contributed by atoms with van der Waals surface area (Å²) in [5.74, 6) is 0.188. The highest BCUT2D eigenvalue weighted by Gasteiger charge is 2.18. The Kier molecular flexibility index (Phi) is 10.7. The van der Waals surface area contributed by atoms with Gasteiger partial charge in [-0.3, -0.25) is 4.79 Å². The monoisotopic (exact) mass is 327 g/mol. The van der Waals surface area contributed by atoms with Gasteiger partial charge in [-0.2, -0.15) is 0 Å². The van der Waals surface area contributed by atoms with Crippen molar-refractivity contribution in [3.8, 4) is 0 Å². The molecule has 0 aliphatic heterocycles. The number of nitrogens with zero attached hydrogens (tertiary/aromatic N) is 1. The van der Waals surface area contributed by atoms with Crippen molar-refractivity contribution in [2.45, 2.75) is 39.7 Å². The molecular formula is C17H30ClN3O. The Morgan fingerprint density at radius 2 is 1.91 bits per heavy atom. The minimum absolute atomic E-state index is 0. The second-order valence-corrected chi connectivity index (χ2v) is 5.47. The number of hydrogen-bond acceptors (Lipinski definition) is 3. The maximum Gasteiger partial charge on any atom is 0.237 e. The lowest BCUT2D eigenvalue weighted by Gasteiger charge is -2.23. The van der Waals surface area contributed by atoms with Crippen molar-refractivity contribution >= 4 is 24.0 Å². The third kappa shape index (κ3) is 6.67. The number of nitrogens with two attached hydrogens (primary N) is 1. The smallest absolute Gasteiger partial charge is 0.237 e. The Balaban J connectivity index is 0.00000441. The Hall–Kier alpha value is -1.26. The zero-order valence-corrected chi connectivity index (χ0v) is 14.7. The highest BCUT2D eigenvalue weighted by Crippen LogP contribution is 2.12. The van der Waals surface area contributed by atoms with Crippen molar-refractivity contribution in [3.05, 3.63) is 30.3 Å². The van der Waals surface area contributed by atoms with Gasteiger partial charge in [-0.15, -0.1) is 12.4 Å². The maximum absolute atomic E-state index is 11.9. The fraction of sp³-hybridized carbons (Fsp3) is 0.588. The van der Waals surface area contributed by atoms with Gasteiger partial charge < -0.3 is 16.0 Å². The minimum Gasteiger partial charge on any atom is -0.372 e. The van der Waals surface area contributed by atoms with Crippen LogP contribution in [-0.2, 0) is 4.79 Å². The summed E-state index contributed by atoms with van der Waals surface area (Å²) in [6, 6.07) is 9.94. The minimum atomic E-state index is -0.397. The second kappa shape index (κ2) is 11.3. The van der Waals surface area contributed by atoms with Crippen molar-refractivity contribution in [1.82, 2.24) is 5.32 Å². The van der Waals surface area contributed by atoms with E-state index in [1.807, 2.05) is 25.1 Å². The highest BCUT2D eigenvalue weighted by molar-refractivity contribution is 5.85. The van der Waals surface area contributed by atoms with Crippen LogP contribution in [0.25, 0.3) is 0 Å². The molecule has 2 unspecified atom stereocenters. The second-order valence-electron chi connectivity index (χ2n) is 5.47. The van der Waals surface area contributed by atoms with Crippen LogP contribution < -0.4 is 16.0 Å². The van der Waals surface area contributed by atoms with E-state index in [2.05, 4.69) is 36.2 Å². The SMILES string of the molecule is CCC(C)C(N)C(=O)NCCCN(CC)c1ccccc1.Cl. The lowest BCUT2D eigenvalue weighted by atomic mass is 9.99. The summed E-state index contributed by atoms with van der Waals surface area (Å²) in [4.78, 5) is 14.2. The first kappa shape index (κ1) is 20.7. The first-order valence-electron chi connectivity index (χ1n) is 7.93. The zero-order valence-electron chi connectivity index (χ0n) is 13.9. The number of halogens is 1. The molecule has 0 fully saturated rings. The number of anilines is 1. The van der Waals surface area contributed by atoms with Crippen molar-refractivity contribution < 1.29 is 4.79 Å². The van der Waals surface area contributed by atoms with Gasteiger partial charge in [-0.05, 0) is 31.4 Å². The van der Waals surface area contributed by atoms with Crippen LogP contribution in [0.3, 0.4) is 0 Å². The molecule has 1 aromatic carbocycles. The number of hydrogen-bond donors (Lipinski definition) is 2. The third-order valence-corrected chi connectivity index (χ3v) is 3.97. The number of rotatable bonds is 9. The van der Waals surface area contributed by atoms with Crippen molar-refractivity contribution in [3.63, 3.8) is 0 Å². The third-order valence-electron chi connectivity index (χ3n) is 3.97. The molecule has 4 nitrogen and oxygen atoms in total. The Morgan fingerprint density at radius 3 is 2.45 bits per heavy atom. The zero-order chi connectivity index (χ0) is 15.7. The summed E-state index contributed by atoms with van der Waals surface area (Å²) >= 11 is 0. The number of nitrogens with one attached hydrogen (secondary N) is 1. The molecule has 22 heavy (non-hydrogen) atoms. The maximum atomic E-state index is 11.9. The van der Waals surface area contributed by atoms with Gasteiger partial charge in [0, 0.05) is 25.3 Å². The highest BCUT2D eigenvalue weighted by atomic mass is 35.5. The lowest BCUT2D eigenvalue weighted by Crippen LogP contribution is -2.45. The van der Waals surface area contributed by atoms with Gasteiger partial charge in [0.15, 0.2) is 0 Å². The molecule has 0 spiro atoms. The summed E-state index contributed by atoms with van der Waals surface area (Å²) in [5.41, 5.74) is 7.13. The molecule has 0 aromatic heterocycles. The van der Waals surface area contributed by atoms with Crippen LogP contribution >= 0.6 is 12.4 Å². The quantitative estimate of drug-likeness (QED) is 0.686. The van der Waals surface area contributed by atoms with E-state index in [1.54, 1.807) is 0 Å². The molecule has 1 amide bonds.